The molecular formula is C13H25N3O3. The van der Waals surface area contributed by atoms with Crippen molar-refractivity contribution in [3.8, 4) is 0 Å². The quantitative estimate of drug-likeness (QED) is 0.779. The number of nitrogens with two attached hydrogens (primary N) is 1. The number of piperidine rings is 1. The molecule has 0 radical (unpaired) electrons. The van der Waals surface area contributed by atoms with Gasteiger partial charge >= 0.3 is 6.09 Å². The third-order valence-corrected chi connectivity index (χ3v) is 2.91. The van der Waals surface area contributed by atoms with Gasteiger partial charge in [0.15, 0.2) is 0 Å². The third-order valence-electron chi connectivity index (χ3n) is 2.91. The van der Waals surface area contributed by atoms with Crippen molar-refractivity contribution in [2.75, 3.05) is 13.1 Å². The first-order valence-corrected chi connectivity index (χ1v) is 6.73. The standard InChI is InChI=1S/C13H25N3O3/c1-9(14)11(17)15-10-5-7-16(8-6-10)12(18)19-13(2,3)4/h9-10H,5-8,14H2,1-4H3,(H,15,17)/t9-/m0/s1. The molecule has 2 amide bonds. The Morgan fingerprint density at radius 2 is 1.84 bits per heavy atom. The average Bonchev–Trinajstić information content (AvgIpc) is 2.27. The van der Waals surface area contributed by atoms with E-state index in [1.165, 1.54) is 0 Å². The first-order valence-electron chi connectivity index (χ1n) is 6.73. The fourth-order valence-corrected chi connectivity index (χ4v) is 1.87. The summed E-state index contributed by atoms with van der Waals surface area (Å²) in [6, 6.07) is -0.402. The van der Waals surface area contributed by atoms with Crippen LogP contribution in [0.15, 0.2) is 0 Å². The molecule has 6 nitrogen and oxygen atoms in total. The van der Waals surface area contributed by atoms with Gasteiger partial charge < -0.3 is 20.7 Å². The van der Waals surface area contributed by atoms with Gasteiger partial charge in [0.1, 0.15) is 5.60 Å². The Morgan fingerprint density at radius 3 is 2.26 bits per heavy atom. The van der Waals surface area contributed by atoms with E-state index in [0.29, 0.717) is 13.1 Å². The Morgan fingerprint density at radius 1 is 1.32 bits per heavy atom. The molecule has 1 saturated heterocycles. The van der Waals surface area contributed by atoms with Gasteiger partial charge in [0.2, 0.25) is 5.91 Å². The molecule has 0 saturated carbocycles. The van der Waals surface area contributed by atoms with Crippen LogP contribution in [0.4, 0.5) is 4.79 Å². The van der Waals surface area contributed by atoms with Gasteiger partial charge in [0, 0.05) is 19.1 Å². The average molecular weight is 271 g/mol. The summed E-state index contributed by atoms with van der Waals surface area (Å²) in [6.07, 6.45) is 1.18. The molecule has 110 valence electrons. The Labute approximate surface area is 114 Å². The highest BCUT2D eigenvalue weighted by molar-refractivity contribution is 5.81. The van der Waals surface area contributed by atoms with Crippen molar-refractivity contribution in [3.63, 3.8) is 0 Å². The monoisotopic (exact) mass is 271 g/mol. The summed E-state index contributed by atoms with van der Waals surface area (Å²) in [5, 5.41) is 2.88. The smallest absolute Gasteiger partial charge is 0.410 e. The molecule has 0 aromatic heterocycles. The number of carbonyl (C=O) groups excluding carboxylic acids is 2. The Hall–Kier alpha value is -1.30. The molecule has 1 aliphatic rings. The highest BCUT2D eigenvalue weighted by Crippen LogP contribution is 2.15. The van der Waals surface area contributed by atoms with Gasteiger partial charge in [-0.25, -0.2) is 4.79 Å². The second-order valence-corrected chi connectivity index (χ2v) is 6.04. The predicted molar refractivity (Wildman–Crippen MR) is 72.6 cm³/mol. The summed E-state index contributed by atoms with van der Waals surface area (Å²) in [5.41, 5.74) is 5.03. The van der Waals surface area contributed by atoms with Crippen molar-refractivity contribution in [2.24, 2.45) is 5.73 Å². The van der Waals surface area contributed by atoms with Crippen LogP contribution in [0.1, 0.15) is 40.5 Å². The number of rotatable bonds is 2. The fraction of sp³-hybridized carbons (Fsp3) is 0.846. The van der Waals surface area contributed by atoms with Crippen LogP contribution < -0.4 is 11.1 Å². The van der Waals surface area contributed by atoms with E-state index < -0.39 is 11.6 Å². The second-order valence-electron chi connectivity index (χ2n) is 6.04. The van der Waals surface area contributed by atoms with E-state index in [1.54, 1.807) is 11.8 Å². The zero-order chi connectivity index (χ0) is 14.6. The molecule has 0 aromatic carbocycles. The number of hydrogen-bond donors (Lipinski definition) is 2. The van der Waals surface area contributed by atoms with Crippen LogP contribution in [-0.2, 0) is 9.53 Å². The van der Waals surface area contributed by atoms with Gasteiger partial charge in [-0.1, -0.05) is 0 Å². The molecule has 19 heavy (non-hydrogen) atoms. The largest absolute Gasteiger partial charge is 0.444 e. The van der Waals surface area contributed by atoms with Crippen molar-refractivity contribution >= 4 is 12.0 Å². The number of carbonyl (C=O) groups is 2. The summed E-state index contributed by atoms with van der Waals surface area (Å²) >= 11 is 0. The van der Waals surface area contributed by atoms with Crippen molar-refractivity contribution in [1.82, 2.24) is 10.2 Å². The van der Waals surface area contributed by atoms with E-state index >= 15 is 0 Å². The topological polar surface area (TPSA) is 84.7 Å². The molecule has 0 aromatic rings. The number of ether oxygens (including phenoxy) is 1. The summed E-state index contributed by atoms with van der Waals surface area (Å²) in [4.78, 5) is 25.0. The van der Waals surface area contributed by atoms with Crippen molar-refractivity contribution in [2.45, 2.75) is 58.2 Å². The van der Waals surface area contributed by atoms with Gasteiger partial charge in [-0.05, 0) is 40.5 Å². The molecule has 0 unspecified atom stereocenters. The summed E-state index contributed by atoms with van der Waals surface area (Å²) in [6.45, 7) is 8.39. The van der Waals surface area contributed by atoms with Gasteiger partial charge in [0.25, 0.3) is 0 Å². The number of amides is 2. The minimum Gasteiger partial charge on any atom is -0.444 e. The molecule has 1 heterocycles. The van der Waals surface area contributed by atoms with E-state index in [9.17, 15) is 9.59 Å². The molecule has 1 aliphatic heterocycles. The number of likely N-dealkylation sites (tertiary alicyclic amines) is 1. The highest BCUT2D eigenvalue weighted by Gasteiger charge is 2.27. The minimum absolute atomic E-state index is 0.0946. The zero-order valence-electron chi connectivity index (χ0n) is 12.2. The zero-order valence-corrected chi connectivity index (χ0v) is 12.2. The molecule has 6 heteroatoms. The molecule has 1 fully saturated rings. The van der Waals surface area contributed by atoms with E-state index in [1.807, 2.05) is 20.8 Å². The summed E-state index contributed by atoms with van der Waals surface area (Å²) in [7, 11) is 0. The molecule has 3 N–H and O–H groups in total. The molecule has 1 atom stereocenters. The lowest BCUT2D eigenvalue weighted by molar-refractivity contribution is -0.122. The highest BCUT2D eigenvalue weighted by atomic mass is 16.6. The van der Waals surface area contributed by atoms with E-state index in [4.69, 9.17) is 10.5 Å². The third kappa shape index (κ3) is 5.46. The van der Waals surface area contributed by atoms with Gasteiger partial charge in [-0.2, -0.15) is 0 Å². The van der Waals surface area contributed by atoms with Crippen LogP contribution in [0.2, 0.25) is 0 Å². The van der Waals surface area contributed by atoms with Crippen LogP contribution in [0.25, 0.3) is 0 Å². The number of nitrogens with zero attached hydrogens (tertiary/aromatic N) is 1. The van der Waals surface area contributed by atoms with Gasteiger partial charge in [0.05, 0.1) is 6.04 Å². The van der Waals surface area contributed by atoms with E-state index in [-0.39, 0.29) is 18.0 Å². The fourth-order valence-electron chi connectivity index (χ4n) is 1.87. The Bertz CT molecular complexity index is 329. The SMILES string of the molecule is C[C@H](N)C(=O)NC1CCN(C(=O)OC(C)(C)C)CC1. The van der Waals surface area contributed by atoms with Crippen LogP contribution in [0, 0.1) is 0 Å². The molecule has 0 spiro atoms. The van der Waals surface area contributed by atoms with Gasteiger partial charge in [-0.15, -0.1) is 0 Å². The number of nitrogens with one attached hydrogen (secondary N) is 1. The lowest BCUT2D eigenvalue weighted by Crippen LogP contribution is -2.50. The predicted octanol–water partition coefficient (Wildman–Crippen LogP) is 0.849. The Balaban J connectivity index is 2.37. The molecule has 0 bridgehead atoms. The van der Waals surface area contributed by atoms with Crippen LogP contribution in [0.5, 0.6) is 0 Å². The molecule has 1 rings (SSSR count). The van der Waals surface area contributed by atoms with E-state index in [0.717, 1.165) is 12.8 Å². The van der Waals surface area contributed by atoms with Crippen molar-refractivity contribution in [1.29, 1.82) is 0 Å². The van der Waals surface area contributed by atoms with Crippen LogP contribution in [0.3, 0.4) is 0 Å². The minimum atomic E-state index is -0.496. The first-order chi connectivity index (χ1) is 8.69. The summed E-state index contributed by atoms with van der Waals surface area (Å²) < 4.78 is 5.31. The lowest BCUT2D eigenvalue weighted by atomic mass is 10.1. The van der Waals surface area contributed by atoms with E-state index in [2.05, 4.69) is 5.32 Å². The maximum absolute atomic E-state index is 11.8. The van der Waals surface area contributed by atoms with Crippen LogP contribution in [-0.4, -0.2) is 47.7 Å². The second kappa shape index (κ2) is 6.23. The normalized spacial score (nSPS) is 18.9. The molecule has 0 aliphatic carbocycles. The Kier molecular flexibility index (Phi) is 5.17. The van der Waals surface area contributed by atoms with Crippen molar-refractivity contribution < 1.29 is 14.3 Å². The van der Waals surface area contributed by atoms with Gasteiger partial charge in [-0.3, -0.25) is 4.79 Å². The maximum atomic E-state index is 11.8. The maximum Gasteiger partial charge on any atom is 0.410 e. The number of hydrogen-bond acceptors (Lipinski definition) is 4. The van der Waals surface area contributed by atoms with Crippen LogP contribution >= 0.6 is 0 Å². The van der Waals surface area contributed by atoms with Crippen molar-refractivity contribution in [3.05, 3.63) is 0 Å². The lowest BCUT2D eigenvalue weighted by Gasteiger charge is -2.33. The first kappa shape index (κ1) is 15.8. The summed E-state index contributed by atoms with van der Waals surface area (Å²) in [5.74, 6) is -0.143. The molecular weight excluding hydrogens is 246 g/mol.